The van der Waals surface area contributed by atoms with Crippen molar-refractivity contribution >= 4 is 43.2 Å². The Morgan fingerprint density at radius 1 is 1.10 bits per heavy atom. The molecule has 0 radical (unpaired) electrons. The molecular weight excluding hydrogens is 480 g/mol. The SMILES string of the molecule is Cc1cc(S(=O)(=O)N2CCc3ccccc32)ccc1OCC(=O)Nc1cccc(Br)c1. The normalized spacial score (nSPS) is 13.0. The van der Waals surface area contributed by atoms with Gasteiger partial charge in [-0.3, -0.25) is 9.10 Å². The second-order valence-corrected chi connectivity index (χ2v) is 10.0. The van der Waals surface area contributed by atoms with Gasteiger partial charge in [-0.1, -0.05) is 40.2 Å². The summed E-state index contributed by atoms with van der Waals surface area (Å²) < 4.78 is 34.3. The van der Waals surface area contributed by atoms with Crippen molar-refractivity contribution in [1.82, 2.24) is 0 Å². The number of fused-ring (bicyclic) bond motifs is 1. The first-order chi connectivity index (χ1) is 14.8. The average Bonchev–Trinajstić information content (AvgIpc) is 3.18. The number of carbonyl (C=O) groups is 1. The molecule has 4 rings (SSSR count). The largest absolute Gasteiger partial charge is 0.483 e. The number of sulfonamides is 1. The second-order valence-electron chi connectivity index (χ2n) is 7.23. The summed E-state index contributed by atoms with van der Waals surface area (Å²) >= 11 is 3.36. The van der Waals surface area contributed by atoms with Gasteiger partial charge in [-0.15, -0.1) is 0 Å². The number of hydrogen-bond donors (Lipinski definition) is 1. The molecule has 0 aliphatic carbocycles. The standard InChI is InChI=1S/C23H21BrN2O4S/c1-16-13-20(31(28,29)26-12-11-17-5-2-3-8-21(17)26)9-10-22(16)30-15-23(27)25-19-7-4-6-18(24)14-19/h2-10,13-14H,11-12,15H2,1H3,(H,25,27). The highest BCUT2D eigenvalue weighted by molar-refractivity contribution is 9.10. The molecule has 3 aromatic rings. The summed E-state index contributed by atoms with van der Waals surface area (Å²) in [5, 5.41) is 2.76. The predicted molar refractivity (Wildman–Crippen MR) is 124 cm³/mol. The fourth-order valence-corrected chi connectivity index (χ4v) is 5.52. The zero-order valence-corrected chi connectivity index (χ0v) is 19.2. The number of rotatable bonds is 6. The van der Waals surface area contributed by atoms with E-state index in [0.717, 1.165) is 15.7 Å². The Hall–Kier alpha value is -2.84. The molecule has 0 unspecified atom stereocenters. The molecule has 0 bridgehead atoms. The summed E-state index contributed by atoms with van der Waals surface area (Å²) in [5.74, 6) is 0.160. The van der Waals surface area contributed by atoms with E-state index in [-0.39, 0.29) is 17.4 Å². The lowest BCUT2D eigenvalue weighted by molar-refractivity contribution is -0.118. The second kappa shape index (κ2) is 8.72. The molecule has 160 valence electrons. The zero-order chi connectivity index (χ0) is 22.0. The number of para-hydroxylation sites is 1. The number of benzene rings is 3. The summed E-state index contributed by atoms with van der Waals surface area (Å²) in [6, 6.07) is 19.5. The summed E-state index contributed by atoms with van der Waals surface area (Å²) in [6.07, 6.45) is 0.697. The third-order valence-corrected chi connectivity index (χ3v) is 7.35. The van der Waals surface area contributed by atoms with E-state index < -0.39 is 10.0 Å². The molecule has 0 fully saturated rings. The third kappa shape index (κ3) is 4.60. The molecule has 1 aliphatic heterocycles. The molecule has 0 saturated carbocycles. The van der Waals surface area contributed by atoms with Gasteiger partial charge in [-0.05, 0) is 66.9 Å². The molecule has 3 aromatic carbocycles. The molecule has 1 N–H and O–H groups in total. The van der Waals surface area contributed by atoms with E-state index in [4.69, 9.17) is 4.74 Å². The molecule has 0 spiro atoms. The predicted octanol–water partition coefficient (Wildman–Crippen LogP) is 4.53. The lowest BCUT2D eigenvalue weighted by atomic mass is 10.2. The highest BCUT2D eigenvalue weighted by atomic mass is 79.9. The molecule has 0 atom stereocenters. The Morgan fingerprint density at radius 3 is 2.68 bits per heavy atom. The van der Waals surface area contributed by atoms with Crippen LogP contribution in [0.3, 0.4) is 0 Å². The van der Waals surface area contributed by atoms with E-state index in [1.165, 1.54) is 10.4 Å². The van der Waals surface area contributed by atoms with Crippen LogP contribution in [0, 0.1) is 6.92 Å². The maximum absolute atomic E-state index is 13.2. The van der Waals surface area contributed by atoms with Gasteiger partial charge in [-0.2, -0.15) is 0 Å². The van der Waals surface area contributed by atoms with E-state index >= 15 is 0 Å². The molecule has 6 nitrogen and oxygen atoms in total. The first-order valence-electron chi connectivity index (χ1n) is 9.74. The molecule has 1 amide bonds. The zero-order valence-electron chi connectivity index (χ0n) is 16.8. The Balaban J connectivity index is 1.45. The van der Waals surface area contributed by atoms with Gasteiger partial charge in [0.05, 0.1) is 10.6 Å². The van der Waals surface area contributed by atoms with Gasteiger partial charge in [0.2, 0.25) is 0 Å². The minimum Gasteiger partial charge on any atom is -0.483 e. The minimum absolute atomic E-state index is 0.182. The number of aryl methyl sites for hydroxylation is 1. The van der Waals surface area contributed by atoms with Gasteiger partial charge < -0.3 is 10.1 Å². The number of carbonyl (C=O) groups excluding carboxylic acids is 1. The van der Waals surface area contributed by atoms with Crippen LogP contribution in [0.2, 0.25) is 0 Å². The third-order valence-electron chi connectivity index (χ3n) is 5.05. The van der Waals surface area contributed by atoms with E-state index in [1.54, 1.807) is 31.2 Å². The molecule has 0 aromatic heterocycles. The highest BCUT2D eigenvalue weighted by Gasteiger charge is 2.30. The van der Waals surface area contributed by atoms with Crippen molar-refractivity contribution in [2.24, 2.45) is 0 Å². The Morgan fingerprint density at radius 2 is 1.90 bits per heavy atom. The molecule has 0 saturated heterocycles. The summed E-state index contributed by atoms with van der Waals surface area (Å²) in [6.45, 7) is 2.01. The first kappa shape index (κ1) is 21.4. The van der Waals surface area contributed by atoms with Crippen molar-refractivity contribution in [1.29, 1.82) is 0 Å². The summed E-state index contributed by atoms with van der Waals surface area (Å²) in [5.41, 5.74) is 3.06. The smallest absolute Gasteiger partial charge is 0.264 e. The number of hydrogen-bond acceptors (Lipinski definition) is 4. The van der Waals surface area contributed by atoms with Gasteiger partial charge >= 0.3 is 0 Å². The number of ether oxygens (including phenoxy) is 1. The number of amides is 1. The fourth-order valence-electron chi connectivity index (χ4n) is 3.54. The van der Waals surface area contributed by atoms with Gasteiger partial charge in [0.1, 0.15) is 5.75 Å². The van der Waals surface area contributed by atoms with E-state index in [9.17, 15) is 13.2 Å². The highest BCUT2D eigenvalue weighted by Crippen LogP contribution is 2.33. The van der Waals surface area contributed by atoms with Crippen LogP contribution in [0.4, 0.5) is 11.4 Å². The van der Waals surface area contributed by atoms with Crippen LogP contribution >= 0.6 is 15.9 Å². The van der Waals surface area contributed by atoms with Crippen molar-refractivity contribution < 1.29 is 17.9 Å². The van der Waals surface area contributed by atoms with Crippen LogP contribution in [0.5, 0.6) is 5.75 Å². The van der Waals surface area contributed by atoms with Crippen LogP contribution in [0.25, 0.3) is 0 Å². The van der Waals surface area contributed by atoms with Crippen molar-refractivity contribution in [3.8, 4) is 5.75 Å². The van der Waals surface area contributed by atoms with Crippen LogP contribution in [-0.4, -0.2) is 27.5 Å². The first-order valence-corrected chi connectivity index (χ1v) is 12.0. The molecule has 8 heteroatoms. The Bertz CT molecular complexity index is 1240. The van der Waals surface area contributed by atoms with Gasteiger partial charge in [0.25, 0.3) is 15.9 Å². The van der Waals surface area contributed by atoms with Crippen LogP contribution in [0.1, 0.15) is 11.1 Å². The van der Waals surface area contributed by atoms with E-state index in [2.05, 4.69) is 21.2 Å². The quantitative estimate of drug-likeness (QED) is 0.539. The van der Waals surface area contributed by atoms with Crippen molar-refractivity contribution in [2.45, 2.75) is 18.2 Å². The average molecular weight is 501 g/mol. The monoisotopic (exact) mass is 500 g/mol. The maximum atomic E-state index is 13.2. The van der Waals surface area contributed by atoms with Crippen LogP contribution in [0.15, 0.2) is 76.1 Å². The van der Waals surface area contributed by atoms with E-state index in [1.807, 2.05) is 36.4 Å². The van der Waals surface area contributed by atoms with Crippen molar-refractivity contribution in [3.63, 3.8) is 0 Å². The lowest BCUT2D eigenvalue weighted by Crippen LogP contribution is -2.29. The number of anilines is 2. The van der Waals surface area contributed by atoms with Gasteiger partial charge in [0.15, 0.2) is 6.61 Å². The van der Waals surface area contributed by atoms with E-state index in [0.29, 0.717) is 30.0 Å². The maximum Gasteiger partial charge on any atom is 0.264 e. The van der Waals surface area contributed by atoms with Crippen molar-refractivity contribution in [3.05, 3.63) is 82.3 Å². The Labute approximate surface area is 190 Å². The summed E-state index contributed by atoms with van der Waals surface area (Å²) in [4.78, 5) is 12.4. The number of nitrogens with one attached hydrogen (secondary N) is 1. The minimum atomic E-state index is -3.67. The topological polar surface area (TPSA) is 75.7 Å². The molecular formula is C23H21BrN2O4S. The number of nitrogens with zero attached hydrogens (tertiary/aromatic N) is 1. The molecule has 1 aliphatic rings. The fraction of sp³-hybridized carbons (Fsp3) is 0.174. The van der Waals surface area contributed by atoms with Gasteiger partial charge in [0, 0.05) is 16.7 Å². The Kier molecular flexibility index (Phi) is 6.02. The van der Waals surface area contributed by atoms with Crippen LogP contribution < -0.4 is 14.4 Å². The van der Waals surface area contributed by atoms with Gasteiger partial charge in [-0.25, -0.2) is 8.42 Å². The van der Waals surface area contributed by atoms with Crippen LogP contribution in [-0.2, 0) is 21.2 Å². The van der Waals surface area contributed by atoms with Crippen molar-refractivity contribution in [2.75, 3.05) is 22.8 Å². The molecule has 31 heavy (non-hydrogen) atoms. The lowest BCUT2D eigenvalue weighted by Gasteiger charge is -2.20. The number of halogens is 1. The molecule has 1 heterocycles. The summed E-state index contributed by atoms with van der Waals surface area (Å²) in [7, 11) is -3.67.